The Morgan fingerprint density at radius 1 is 1.14 bits per heavy atom. The Morgan fingerprint density at radius 2 is 1.76 bits per heavy atom. The monoisotopic (exact) mass is 373 g/mol. The average molecular weight is 374 g/mol. The van der Waals surface area contributed by atoms with E-state index in [1.807, 2.05) is 0 Å². The normalized spacial score (nSPS) is 11.1. The van der Waals surface area contributed by atoms with Crippen molar-refractivity contribution in [1.29, 1.82) is 0 Å². The molecule has 0 bridgehead atoms. The third-order valence-electron chi connectivity index (χ3n) is 2.52. The maximum absolute atomic E-state index is 12.9. The maximum Gasteiger partial charge on any atom is 0.339 e. The first-order chi connectivity index (χ1) is 9.79. The summed E-state index contributed by atoms with van der Waals surface area (Å²) < 4.78 is 42.2. The molecule has 8 heteroatoms. The second kappa shape index (κ2) is 5.82. The van der Waals surface area contributed by atoms with Crippen LogP contribution >= 0.6 is 15.9 Å². The van der Waals surface area contributed by atoms with Gasteiger partial charge in [0, 0.05) is 5.56 Å². The SMILES string of the molecule is NC(=O)c1ccc(S(=O)(=O)Oc2ccc(F)cc2Br)cc1. The van der Waals surface area contributed by atoms with Gasteiger partial charge in [-0.3, -0.25) is 4.79 Å². The fourth-order valence-electron chi connectivity index (χ4n) is 1.49. The first-order valence-corrected chi connectivity index (χ1v) is 7.79. The van der Waals surface area contributed by atoms with Crippen LogP contribution in [0.15, 0.2) is 51.8 Å². The highest BCUT2D eigenvalue weighted by Gasteiger charge is 2.18. The van der Waals surface area contributed by atoms with Gasteiger partial charge >= 0.3 is 10.1 Å². The van der Waals surface area contributed by atoms with Gasteiger partial charge < -0.3 is 9.92 Å². The number of nitrogens with two attached hydrogens (primary N) is 1. The van der Waals surface area contributed by atoms with E-state index in [0.717, 1.165) is 12.1 Å². The van der Waals surface area contributed by atoms with E-state index in [0.29, 0.717) is 0 Å². The van der Waals surface area contributed by atoms with Gasteiger partial charge in [-0.25, -0.2) is 4.39 Å². The fourth-order valence-corrected chi connectivity index (χ4v) is 2.98. The van der Waals surface area contributed by atoms with E-state index in [1.165, 1.54) is 30.3 Å². The van der Waals surface area contributed by atoms with Crippen molar-refractivity contribution >= 4 is 32.0 Å². The second-order valence-corrected chi connectivity index (χ2v) is 6.40. The highest BCUT2D eigenvalue weighted by atomic mass is 79.9. The summed E-state index contributed by atoms with van der Waals surface area (Å²) in [6.45, 7) is 0. The number of benzene rings is 2. The minimum Gasteiger partial charge on any atom is -0.378 e. The van der Waals surface area contributed by atoms with E-state index < -0.39 is 21.8 Å². The van der Waals surface area contributed by atoms with Gasteiger partial charge in [-0.1, -0.05) is 0 Å². The van der Waals surface area contributed by atoms with E-state index in [2.05, 4.69) is 15.9 Å². The average Bonchev–Trinajstić information content (AvgIpc) is 2.42. The predicted molar refractivity (Wildman–Crippen MR) is 76.9 cm³/mol. The first-order valence-electron chi connectivity index (χ1n) is 5.59. The van der Waals surface area contributed by atoms with Gasteiger partial charge in [-0.15, -0.1) is 0 Å². The van der Waals surface area contributed by atoms with E-state index >= 15 is 0 Å². The smallest absolute Gasteiger partial charge is 0.339 e. The van der Waals surface area contributed by atoms with Crippen LogP contribution in [0.1, 0.15) is 10.4 Å². The molecule has 110 valence electrons. The number of hydrogen-bond donors (Lipinski definition) is 1. The fraction of sp³-hybridized carbons (Fsp3) is 0. The topological polar surface area (TPSA) is 86.5 Å². The number of carbonyl (C=O) groups excluding carboxylic acids is 1. The van der Waals surface area contributed by atoms with Crippen LogP contribution in [0.4, 0.5) is 4.39 Å². The number of hydrogen-bond acceptors (Lipinski definition) is 4. The van der Waals surface area contributed by atoms with Crippen LogP contribution in [-0.4, -0.2) is 14.3 Å². The lowest BCUT2D eigenvalue weighted by molar-refractivity contribution is 0.1000. The molecule has 2 rings (SSSR count). The van der Waals surface area contributed by atoms with E-state index in [9.17, 15) is 17.6 Å². The Labute approximate surface area is 128 Å². The Morgan fingerprint density at radius 3 is 2.29 bits per heavy atom. The molecule has 0 aliphatic heterocycles. The Balaban J connectivity index is 2.31. The van der Waals surface area contributed by atoms with Gasteiger partial charge in [0.25, 0.3) is 0 Å². The molecule has 2 aromatic rings. The molecule has 0 spiro atoms. The summed E-state index contributed by atoms with van der Waals surface area (Å²) in [5.41, 5.74) is 5.25. The highest BCUT2D eigenvalue weighted by molar-refractivity contribution is 9.10. The molecule has 0 saturated carbocycles. The number of carbonyl (C=O) groups is 1. The first kappa shape index (κ1) is 15.5. The standard InChI is InChI=1S/C13H9BrFNO4S/c14-11-7-9(15)3-6-12(11)20-21(18,19)10-4-1-8(2-5-10)13(16)17/h1-7H,(H2,16,17). The molecule has 0 aliphatic carbocycles. The van der Waals surface area contributed by atoms with Crippen LogP contribution in [-0.2, 0) is 10.1 Å². The van der Waals surface area contributed by atoms with Crippen molar-refractivity contribution in [2.75, 3.05) is 0 Å². The molecular formula is C13H9BrFNO4S. The second-order valence-electron chi connectivity index (χ2n) is 4.00. The third kappa shape index (κ3) is 3.59. The number of primary amides is 1. The lowest BCUT2D eigenvalue weighted by atomic mass is 10.2. The molecule has 5 nitrogen and oxygen atoms in total. The van der Waals surface area contributed by atoms with Crippen LogP contribution < -0.4 is 9.92 Å². The van der Waals surface area contributed by atoms with Crippen molar-refractivity contribution in [2.45, 2.75) is 4.90 Å². The van der Waals surface area contributed by atoms with Crippen LogP contribution in [0.5, 0.6) is 5.75 Å². The van der Waals surface area contributed by atoms with Gasteiger partial charge in [-0.2, -0.15) is 8.42 Å². The van der Waals surface area contributed by atoms with Crippen molar-refractivity contribution in [3.63, 3.8) is 0 Å². The summed E-state index contributed by atoms with van der Waals surface area (Å²) in [5.74, 6) is -1.24. The largest absolute Gasteiger partial charge is 0.378 e. The van der Waals surface area contributed by atoms with Gasteiger partial charge in [0.05, 0.1) is 4.47 Å². The molecule has 0 radical (unpaired) electrons. The molecule has 21 heavy (non-hydrogen) atoms. The van der Waals surface area contributed by atoms with E-state index in [-0.39, 0.29) is 20.7 Å². The lowest BCUT2D eigenvalue weighted by Crippen LogP contribution is -2.13. The van der Waals surface area contributed by atoms with Crippen molar-refractivity contribution in [2.24, 2.45) is 5.73 Å². The van der Waals surface area contributed by atoms with Crippen LogP contribution in [0.25, 0.3) is 0 Å². The van der Waals surface area contributed by atoms with Crippen LogP contribution in [0.2, 0.25) is 0 Å². The zero-order valence-corrected chi connectivity index (χ0v) is 12.8. The zero-order chi connectivity index (χ0) is 15.6. The quantitative estimate of drug-likeness (QED) is 0.833. The Kier molecular flexibility index (Phi) is 4.29. The zero-order valence-electron chi connectivity index (χ0n) is 10.4. The molecule has 0 unspecified atom stereocenters. The molecule has 2 N–H and O–H groups in total. The van der Waals surface area contributed by atoms with Gasteiger partial charge in [-0.05, 0) is 58.4 Å². The van der Waals surface area contributed by atoms with Crippen LogP contribution in [0.3, 0.4) is 0 Å². The molecule has 0 saturated heterocycles. The molecule has 2 aromatic carbocycles. The Bertz CT molecular complexity index is 790. The van der Waals surface area contributed by atoms with Gasteiger partial charge in [0.1, 0.15) is 10.7 Å². The lowest BCUT2D eigenvalue weighted by Gasteiger charge is -2.09. The Hall–Kier alpha value is -1.93. The van der Waals surface area contributed by atoms with E-state index in [4.69, 9.17) is 9.92 Å². The number of rotatable bonds is 4. The van der Waals surface area contributed by atoms with Crippen LogP contribution in [0, 0.1) is 5.82 Å². The minimum atomic E-state index is -4.10. The molecule has 1 amide bonds. The molecule has 0 aromatic heterocycles. The van der Waals surface area contributed by atoms with Crippen molar-refractivity contribution in [1.82, 2.24) is 0 Å². The van der Waals surface area contributed by atoms with E-state index in [1.54, 1.807) is 0 Å². The summed E-state index contributed by atoms with van der Waals surface area (Å²) in [4.78, 5) is 10.8. The molecule has 0 fully saturated rings. The summed E-state index contributed by atoms with van der Waals surface area (Å²) >= 11 is 3.01. The summed E-state index contributed by atoms with van der Waals surface area (Å²) in [7, 11) is -4.10. The summed E-state index contributed by atoms with van der Waals surface area (Å²) in [6, 6.07) is 8.30. The van der Waals surface area contributed by atoms with Crippen molar-refractivity contribution < 1.29 is 21.8 Å². The molecule has 0 atom stereocenters. The highest BCUT2D eigenvalue weighted by Crippen LogP contribution is 2.28. The number of amides is 1. The minimum absolute atomic E-state index is 0.0459. The van der Waals surface area contributed by atoms with Gasteiger partial charge in [0.2, 0.25) is 5.91 Å². The van der Waals surface area contributed by atoms with Crippen molar-refractivity contribution in [3.05, 3.63) is 58.3 Å². The van der Waals surface area contributed by atoms with Crippen molar-refractivity contribution in [3.8, 4) is 5.75 Å². The molecule has 0 heterocycles. The summed E-state index contributed by atoms with van der Waals surface area (Å²) in [6.07, 6.45) is 0. The number of halogens is 2. The third-order valence-corrected chi connectivity index (χ3v) is 4.39. The van der Waals surface area contributed by atoms with Gasteiger partial charge in [0.15, 0.2) is 5.75 Å². The maximum atomic E-state index is 12.9. The molecule has 0 aliphatic rings. The predicted octanol–water partition coefficient (Wildman–Crippen LogP) is 2.45. The summed E-state index contributed by atoms with van der Waals surface area (Å²) in [5, 5.41) is 0. The molecular weight excluding hydrogens is 365 g/mol.